The lowest BCUT2D eigenvalue weighted by Crippen LogP contribution is -2.28. The van der Waals surface area contributed by atoms with Crippen LogP contribution in [0, 0.1) is 5.82 Å². The lowest BCUT2D eigenvalue weighted by Gasteiger charge is -2.07. The molecule has 2 amide bonds. The lowest BCUT2D eigenvalue weighted by atomic mass is 10.3. The number of rotatable bonds is 5. The van der Waals surface area contributed by atoms with Crippen molar-refractivity contribution >= 4 is 29.1 Å². The molecule has 0 aliphatic rings. The molecule has 22 heavy (non-hydrogen) atoms. The maximum absolute atomic E-state index is 13.0. The number of benzene rings is 1. The van der Waals surface area contributed by atoms with E-state index in [9.17, 15) is 14.0 Å². The van der Waals surface area contributed by atoms with Crippen molar-refractivity contribution in [2.45, 2.75) is 13.0 Å². The summed E-state index contributed by atoms with van der Waals surface area (Å²) in [5.41, 5.74) is 1.02. The molecule has 0 fully saturated rings. The van der Waals surface area contributed by atoms with Gasteiger partial charge >= 0.3 is 0 Å². The number of anilines is 1. The van der Waals surface area contributed by atoms with Crippen LogP contribution in [0.3, 0.4) is 0 Å². The molecule has 114 valence electrons. The van der Waals surface area contributed by atoms with Gasteiger partial charge in [0.1, 0.15) is 12.2 Å². The van der Waals surface area contributed by atoms with E-state index in [-0.39, 0.29) is 18.0 Å². The summed E-state index contributed by atoms with van der Waals surface area (Å²) in [5.74, 6) is -1.52. The van der Waals surface area contributed by atoms with Crippen LogP contribution >= 0.6 is 11.6 Å². The fraction of sp³-hybridized carbons (Fsp3) is 0.133. The minimum Gasteiger partial charge on any atom is -0.350 e. The molecule has 1 aromatic carbocycles. The third-order valence-electron chi connectivity index (χ3n) is 2.72. The normalized spacial score (nSPS) is 10.1. The number of carbonyl (C=O) groups excluding carboxylic acids is 2. The van der Waals surface area contributed by atoms with Gasteiger partial charge in [-0.1, -0.05) is 17.7 Å². The van der Waals surface area contributed by atoms with Gasteiger partial charge in [-0.25, -0.2) is 4.39 Å². The second kappa shape index (κ2) is 7.51. The molecule has 0 saturated heterocycles. The fourth-order valence-electron chi connectivity index (χ4n) is 1.68. The van der Waals surface area contributed by atoms with Crippen molar-refractivity contribution < 1.29 is 14.0 Å². The Morgan fingerprint density at radius 3 is 2.68 bits per heavy atom. The molecule has 0 bridgehead atoms. The molecule has 2 rings (SSSR count). The van der Waals surface area contributed by atoms with E-state index in [1.54, 1.807) is 24.4 Å². The summed E-state index contributed by atoms with van der Waals surface area (Å²) in [5, 5.41) is 4.96. The maximum Gasteiger partial charge on any atom is 0.233 e. The van der Waals surface area contributed by atoms with Gasteiger partial charge < -0.3 is 10.6 Å². The Bertz CT molecular complexity index is 680. The average Bonchev–Trinajstić information content (AvgIpc) is 2.50. The van der Waals surface area contributed by atoms with Crippen LogP contribution in [0.2, 0.25) is 5.02 Å². The summed E-state index contributed by atoms with van der Waals surface area (Å²) >= 11 is 5.61. The fourth-order valence-corrected chi connectivity index (χ4v) is 1.86. The topological polar surface area (TPSA) is 71.1 Å². The van der Waals surface area contributed by atoms with E-state index in [0.717, 1.165) is 6.07 Å². The summed E-state index contributed by atoms with van der Waals surface area (Å²) < 4.78 is 13.0. The number of nitrogens with zero attached hydrogens (tertiary/aromatic N) is 1. The second-order valence-electron chi connectivity index (χ2n) is 4.45. The van der Waals surface area contributed by atoms with Crippen molar-refractivity contribution in [2.24, 2.45) is 0 Å². The van der Waals surface area contributed by atoms with Crippen molar-refractivity contribution in [3.63, 3.8) is 0 Å². The highest BCUT2D eigenvalue weighted by molar-refractivity contribution is 6.31. The number of hydrogen-bond acceptors (Lipinski definition) is 3. The van der Waals surface area contributed by atoms with Gasteiger partial charge in [-0.15, -0.1) is 0 Å². The second-order valence-corrected chi connectivity index (χ2v) is 4.86. The van der Waals surface area contributed by atoms with E-state index >= 15 is 0 Å². The van der Waals surface area contributed by atoms with Crippen LogP contribution in [0.4, 0.5) is 10.1 Å². The maximum atomic E-state index is 13.0. The van der Waals surface area contributed by atoms with Crippen LogP contribution in [0.25, 0.3) is 0 Å². The van der Waals surface area contributed by atoms with Crippen LogP contribution in [0.15, 0.2) is 42.6 Å². The molecule has 0 aliphatic carbocycles. The highest BCUT2D eigenvalue weighted by Crippen LogP contribution is 2.19. The number of halogens is 2. The Morgan fingerprint density at radius 1 is 1.18 bits per heavy atom. The first kappa shape index (κ1) is 15.9. The van der Waals surface area contributed by atoms with Crippen LogP contribution < -0.4 is 10.6 Å². The van der Waals surface area contributed by atoms with Crippen molar-refractivity contribution in [3.05, 3.63) is 59.1 Å². The summed E-state index contributed by atoms with van der Waals surface area (Å²) in [6, 6.07) is 9.12. The van der Waals surface area contributed by atoms with Gasteiger partial charge in [0.05, 0.1) is 17.3 Å². The number of aromatic nitrogens is 1. The molecule has 0 saturated carbocycles. The predicted octanol–water partition coefficient (Wildman–Crippen LogP) is 2.52. The highest BCUT2D eigenvalue weighted by atomic mass is 35.5. The molecule has 1 heterocycles. The Morgan fingerprint density at radius 2 is 2.00 bits per heavy atom. The number of nitrogens with one attached hydrogen (secondary N) is 2. The van der Waals surface area contributed by atoms with Crippen LogP contribution in [-0.4, -0.2) is 16.8 Å². The molecule has 2 aromatic rings. The summed E-state index contributed by atoms with van der Waals surface area (Å²) in [7, 11) is 0. The van der Waals surface area contributed by atoms with Crippen LogP contribution in [0.1, 0.15) is 12.1 Å². The molecule has 0 atom stereocenters. The molecule has 0 aliphatic heterocycles. The number of amides is 2. The Kier molecular flexibility index (Phi) is 5.43. The summed E-state index contributed by atoms with van der Waals surface area (Å²) in [6.07, 6.45) is 1.27. The predicted molar refractivity (Wildman–Crippen MR) is 80.7 cm³/mol. The zero-order valence-corrected chi connectivity index (χ0v) is 12.2. The molecule has 2 N–H and O–H groups in total. The van der Waals surface area contributed by atoms with Gasteiger partial charge in [0.2, 0.25) is 11.8 Å². The van der Waals surface area contributed by atoms with Crippen LogP contribution in [-0.2, 0) is 16.1 Å². The molecule has 0 unspecified atom stereocenters. The zero-order valence-electron chi connectivity index (χ0n) is 11.5. The van der Waals surface area contributed by atoms with E-state index in [2.05, 4.69) is 15.6 Å². The monoisotopic (exact) mass is 321 g/mol. The molecule has 7 heteroatoms. The Labute approximate surface area is 131 Å². The highest BCUT2D eigenvalue weighted by Gasteiger charge is 2.10. The van der Waals surface area contributed by atoms with Crippen molar-refractivity contribution in [3.8, 4) is 0 Å². The first-order valence-electron chi connectivity index (χ1n) is 6.46. The van der Waals surface area contributed by atoms with Crippen molar-refractivity contribution in [1.82, 2.24) is 10.3 Å². The van der Waals surface area contributed by atoms with E-state index in [4.69, 9.17) is 11.6 Å². The summed E-state index contributed by atoms with van der Waals surface area (Å²) in [6.45, 7) is 0.245. The van der Waals surface area contributed by atoms with E-state index in [1.165, 1.54) is 12.1 Å². The lowest BCUT2D eigenvalue weighted by molar-refractivity contribution is -0.126. The van der Waals surface area contributed by atoms with Gasteiger partial charge in [-0.2, -0.15) is 0 Å². The first-order valence-corrected chi connectivity index (χ1v) is 6.84. The third kappa shape index (κ3) is 4.82. The molecular formula is C15H13ClFN3O2. The minimum atomic E-state index is -0.576. The number of carbonyl (C=O) groups is 2. The zero-order chi connectivity index (χ0) is 15.9. The van der Waals surface area contributed by atoms with E-state index < -0.39 is 17.6 Å². The number of pyridine rings is 1. The standard InChI is InChI=1S/C15H13ClFN3O2/c16-12-7-10(4-5-13(12)17)20-15(22)8-14(21)19-9-11-3-1-2-6-18-11/h1-7H,8-9H2,(H,19,21)(H,20,22). The number of hydrogen-bond donors (Lipinski definition) is 2. The Hall–Kier alpha value is -2.47. The van der Waals surface area contributed by atoms with E-state index in [1.807, 2.05) is 0 Å². The van der Waals surface area contributed by atoms with Gasteiger partial charge in [0.25, 0.3) is 0 Å². The first-order chi connectivity index (χ1) is 10.5. The molecule has 1 aromatic heterocycles. The van der Waals surface area contributed by atoms with Crippen molar-refractivity contribution in [1.29, 1.82) is 0 Å². The summed E-state index contributed by atoms with van der Waals surface area (Å²) in [4.78, 5) is 27.4. The average molecular weight is 322 g/mol. The van der Waals surface area contributed by atoms with Gasteiger partial charge in [-0.3, -0.25) is 14.6 Å². The Balaban J connectivity index is 1.81. The minimum absolute atomic E-state index is 0.0996. The smallest absolute Gasteiger partial charge is 0.233 e. The van der Waals surface area contributed by atoms with Gasteiger partial charge in [-0.05, 0) is 30.3 Å². The molecular weight excluding hydrogens is 309 g/mol. The third-order valence-corrected chi connectivity index (χ3v) is 3.01. The van der Waals surface area contributed by atoms with Crippen LogP contribution in [0.5, 0.6) is 0 Å². The molecule has 0 spiro atoms. The largest absolute Gasteiger partial charge is 0.350 e. The molecule has 0 radical (unpaired) electrons. The molecule has 5 nitrogen and oxygen atoms in total. The SMILES string of the molecule is O=C(CC(=O)Nc1ccc(F)c(Cl)c1)NCc1ccccn1. The van der Waals surface area contributed by atoms with E-state index in [0.29, 0.717) is 11.4 Å². The van der Waals surface area contributed by atoms with Crippen molar-refractivity contribution in [2.75, 3.05) is 5.32 Å². The van der Waals surface area contributed by atoms with Gasteiger partial charge in [0, 0.05) is 11.9 Å². The van der Waals surface area contributed by atoms with Gasteiger partial charge in [0.15, 0.2) is 0 Å². The quantitative estimate of drug-likeness (QED) is 0.831.